The summed E-state index contributed by atoms with van der Waals surface area (Å²) in [4.78, 5) is 0. The molecule has 0 saturated carbocycles. The van der Waals surface area contributed by atoms with Crippen LogP contribution >= 0.6 is 23.2 Å². The van der Waals surface area contributed by atoms with Gasteiger partial charge < -0.3 is 15.2 Å². The molecule has 1 unspecified atom stereocenters. The number of methoxy groups -OCH3 is 1. The Kier molecular flexibility index (Phi) is 5.34. The van der Waals surface area contributed by atoms with E-state index in [0.29, 0.717) is 22.3 Å². The van der Waals surface area contributed by atoms with Gasteiger partial charge in [0.2, 0.25) is 0 Å². The quantitative estimate of drug-likeness (QED) is 0.852. The number of rotatable bonds is 5. The van der Waals surface area contributed by atoms with Gasteiger partial charge in [-0.05, 0) is 36.2 Å². The van der Waals surface area contributed by atoms with Crippen molar-refractivity contribution in [3.05, 3.63) is 57.6 Å². The second kappa shape index (κ2) is 7.03. The van der Waals surface area contributed by atoms with Crippen LogP contribution in [0.15, 0.2) is 36.4 Å². The van der Waals surface area contributed by atoms with E-state index in [1.807, 2.05) is 13.0 Å². The Morgan fingerprint density at radius 1 is 1.19 bits per heavy atom. The Hall–Kier alpha value is -1.42. The van der Waals surface area contributed by atoms with Crippen LogP contribution in [0.5, 0.6) is 5.75 Å². The molecule has 5 heteroatoms. The van der Waals surface area contributed by atoms with E-state index in [1.54, 1.807) is 37.4 Å². The van der Waals surface area contributed by atoms with Gasteiger partial charge in [0.1, 0.15) is 5.75 Å². The van der Waals surface area contributed by atoms with E-state index in [9.17, 15) is 5.11 Å². The van der Waals surface area contributed by atoms with Crippen LogP contribution in [0.2, 0.25) is 10.0 Å². The molecule has 0 aliphatic carbocycles. The van der Waals surface area contributed by atoms with Crippen molar-refractivity contribution in [3.8, 4) is 5.75 Å². The summed E-state index contributed by atoms with van der Waals surface area (Å²) in [5, 5.41) is 14.7. The van der Waals surface area contributed by atoms with Gasteiger partial charge in [-0.3, -0.25) is 0 Å². The molecule has 112 valence electrons. The zero-order valence-electron chi connectivity index (χ0n) is 11.9. The van der Waals surface area contributed by atoms with E-state index in [-0.39, 0.29) is 0 Å². The molecule has 1 atom stereocenters. The third-order valence-electron chi connectivity index (χ3n) is 3.22. The number of halogens is 2. The monoisotopic (exact) mass is 325 g/mol. The Morgan fingerprint density at radius 2 is 1.86 bits per heavy atom. The maximum atomic E-state index is 10.2. The number of anilines is 1. The number of benzene rings is 2. The van der Waals surface area contributed by atoms with E-state index in [4.69, 9.17) is 27.9 Å². The number of hydrogen-bond donors (Lipinski definition) is 2. The van der Waals surface area contributed by atoms with Gasteiger partial charge in [0.15, 0.2) is 0 Å². The van der Waals surface area contributed by atoms with E-state index >= 15 is 0 Å². The molecule has 0 bridgehead atoms. The van der Waals surface area contributed by atoms with Crippen LogP contribution < -0.4 is 10.1 Å². The first-order chi connectivity index (χ1) is 10.0. The van der Waals surface area contributed by atoms with Crippen LogP contribution in [-0.2, 0) is 0 Å². The van der Waals surface area contributed by atoms with Crippen molar-refractivity contribution in [1.82, 2.24) is 0 Å². The van der Waals surface area contributed by atoms with Crippen molar-refractivity contribution in [1.29, 1.82) is 0 Å². The van der Waals surface area contributed by atoms with Crippen molar-refractivity contribution >= 4 is 28.9 Å². The first-order valence-electron chi connectivity index (χ1n) is 6.53. The summed E-state index contributed by atoms with van der Waals surface area (Å²) in [5.74, 6) is 0.647. The van der Waals surface area contributed by atoms with Crippen LogP contribution in [0.4, 0.5) is 5.69 Å². The summed E-state index contributed by atoms with van der Waals surface area (Å²) in [6.45, 7) is 2.28. The highest BCUT2D eigenvalue weighted by Crippen LogP contribution is 2.31. The smallest absolute Gasteiger partial charge is 0.143 e. The minimum absolute atomic E-state index is 0.360. The molecule has 0 fully saturated rings. The summed E-state index contributed by atoms with van der Waals surface area (Å²) >= 11 is 11.9. The van der Waals surface area contributed by atoms with Gasteiger partial charge in [0.05, 0.1) is 18.9 Å². The molecule has 2 rings (SSSR count). The van der Waals surface area contributed by atoms with Crippen LogP contribution in [-0.4, -0.2) is 18.8 Å². The number of aliphatic hydroxyl groups excluding tert-OH is 1. The predicted molar refractivity (Wildman–Crippen MR) is 87.6 cm³/mol. The van der Waals surface area contributed by atoms with Crippen LogP contribution in [0.3, 0.4) is 0 Å². The molecule has 0 aromatic heterocycles. The summed E-state index contributed by atoms with van der Waals surface area (Å²) < 4.78 is 5.29. The average Bonchev–Trinajstić information content (AvgIpc) is 2.48. The molecule has 0 aliphatic rings. The lowest BCUT2D eigenvalue weighted by molar-refractivity contribution is 0.191. The molecule has 0 saturated heterocycles. The van der Waals surface area contributed by atoms with E-state index in [1.165, 1.54) is 0 Å². The van der Waals surface area contributed by atoms with E-state index in [2.05, 4.69) is 5.32 Å². The first-order valence-corrected chi connectivity index (χ1v) is 7.28. The number of ether oxygens (including phenoxy) is 1. The van der Waals surface area contributed by atoms with E-state index < -0.39 is 6.10 Å². The largest absolute Gasteiger partial charge is 0.495 e. The summed E-state index contributed by atoms with van der Waals surface area (Å²) in [5.41, 5.74) is 2.55. The fraction of sp³-hybridized carbons (Fsp3) is 0.250. The van der Waals surface area contributed by atoms with Crippen molar-refractivity contribution in [3.63, 3.8) is 0 Å². The molecule has 0 spiro atoms. The Labute approximate surface area is 134 Å². The normalized spacial score (nSPS) is 12.0. The van der Waals surface area contributed by atoms with E-state index in [0.717, 1.165) is 16.8 Å². The molecule has 0 radical (unpaired) electrons. The van der Waals surface area contributed by atoms with Crippen LogP contribution in [0.1, 0.15) is 17.2 Å². The first kappa shape index (κ1) is 16.0. The zero-order chi connectivity index (χ0) is 15.4. The van der Waals surface area contributed by atoms with Crippen molar-refractivity contribution in [2.75, 3.05) is 19.0 Å². The summed E-state index contributed by atoms with van der Waals surface area (Å²) in [6.07, 6.45) is -0.636. The molecule has 0 amide bonds. The molecule has 2 aromatic carbocycles. The standard InChI is InChI=1S/C16H17Cl2NO2/c1-10-7-14(16(21-2)8-13(10)18)19-9-15(20)11-3-5-12(17)6-4-11/h3-8,15,19-20H,9H2,1-2H3. The zero-order valence-corrected chi connectivity index (χ0v) is 13.4. The van der Waals surface area contributed by atoms with Gasteiger partial charge >= 0.3 is 0 Å². The predicted octanol–water partition coefficient (Wildman–Crippen LogP) is 4.46. The summed E-state index contributed by atoms with van der Waals surface area (Å²) in [7, 11) is 1.59. The number of hydrogen-bond acceptors (Lipinski definition) is 3. The number of aryl methyl sites for hydroxylation is 1. The highest BCUT2D eigenvalue weighted by atomic mass is 35.5. The van der Waals surface area contributed by atoms with Crippen LogP contribution in [0.25, 0.3) is 0 Å². The molecular formula is C16H17Cl2NO2. The van der Waals surface area contributed by atoms with Gasteiger partial charge in [0, 0.05) is 22.7 Å². The van der Waals surface area contributed by atoms with Gasteiger partial charge in [-0.2, -0.15) is 0 Å². The maximum absolute atomic E-state index is 10.2. The molecule has 0 aliphatic heterocycles. The highest BCUT2D eigenvalue weighted by molar-refractivity contribution is 6.31. The fourth-order valence-corrected chi connectivity index (χ4v) is 2.26. The average molecular weight is 326 g/mol. The molecule has 2 aromatic rings. The highest BCUT2D eigenvalue weighted by Gasteiger charge is 2.11. The number of nitrogens with one attached hydrogen (secondary N) is 1. The summed E-state index contributed by atoms with van der Waals surface area (Å²) in [6, 6.07) is 10.8. The molecule has 3 nitrogen and oxygen atoms in total. The minimum Gasteiger partial charge on any atom is -0.495 e. The van der Waals surface area contributed by atoms with Crippen molar-refractivity contribution in [2.45, 2.75) is 13.0 Å². The molecule has 0 heterocycles. The topological polar surface area (TPSA) is 41.5 Å². The Balaban J connectivity index is 2.09. The fourth-order valence-electron chi connectivity index (χ4n) is 1.98. The van der Waals surface area contributed by atoms with Gasteiger partial charge in [0.25, 0.3) is 0 Å². The lowest BCUT2D eigenvalue weighted by atomic mass is 10.1. The second-order valence-corrected chi connectivity index (χ2v) is 5.59. The molecule has 21 heavy (non-hydrogen) atoms. The van der Waals surface area contributed by atoms with Crippen LogP contribution in [0, 0.1) is 6.92 Å². The molecule has 2 N–H and O–H groups in total. The third kappa shape index (κ3) is 4.03. The third-order valence-corrected chi connectivity index (χ3v) is 3.88. The number of aliphatic hydroxyl groups is 1. The lowest BCUT2D eigenvalue weighted by Crippen LogP contribution is -2.12. The van der Waals surface area contributed by atoms with Gasteiger partial charge in [-0.25, -0.2) is 0 Å². The SMILES string of the molecule is COc1cc(Cl)c(C)cc1NCC(O)c1ccc(Cl)cc1. The van der Waals surface area contributed by atoms with Gasteiger partial charge in [-0.15, -0.1) is 0 Å². The second-order valence-electron chi connectivity index (χ2n) is 4.75. The molecular weight excluding hydrogens is 309 g/mol. The minimum atomic E-state index is -0.636. The van der Waals surface area contributed by atoms with Gasteiger partial charge in [-0.1, -0.05) is 35.3 Å². The van der Waals surface area contributed by atoms with Crippen molar-refractivity contribution in [2.24, 2.45) is 0 Å². The Bertz CT molecular complexity index is 614. The Morgan fingerprint density at radius 3 is 2.48 bits per heavy atom. The lowest BCUT2D eigenvalue weighted by Gasteiger charge is -2.16. The maximum Gasteiger partial charge on any atom is 0.143 e. The van der Waals surface area contributed by atoms with Crippen molar-refractivity contribution < 1.29 is 9.84 Å².